The van der Waals surface area contributed by atoms with E-state index >= 15 is 0 Å². The molecule has 0 aromatic heterocycles. The smallest absolute Gasteiger partial charge is 0.366 e. The van der Waals surface area contributed by atoms with E-state index in [-0.39, 0.29) is 5.71 Å². The second kappa shape index (κ2) is 2.34. The Morgan fingerprint density at radius 1 is 1.33 bits per heavy atom. The summed E-state index contributed by atoms with van der Waals surface area (Å²) in [5, 5.41) is 11.3. The number of fused-ring (bicyclic) bond motifs is 1. The number of carbonyl (C=O) groups is 1. The van der Waals surface area contributed by atoms with Crippen molar-refractivity contribution in [2.75, 3.05) is 0 Å². The molecule has 0 saturated heterocycles. The fourth-order valence-electron chi connectivity index (χ4n) is 1.10. The second-order valence-electron chi connectivity index (χ2n) is 2.33. The molecule has 2 rings (SSSR count). The number of para-hydroxylation sites is 1. The summed E-state index contributed by atoms with van der Waals surface area (Å²) in [5.41, 5.74) is 0.496. The molecule has 0 unspecified atom stereocenters. The van der Waals surface area contributed by atoms with Gasteiger partial charge in [-0.05, 0) is 12.1 Å². The van der Waals surface area contributed by atoms with Crippen molar-refractivity contribution in [1.29, 1.82) is 0 Å². The molecule has 1 aliphatic heterocycles. The van der Waals surface area contributed by atoms with Gasteiger partial charge in [0.15, 0.2) is 5.71 Å². The number of ether oxygens (including phenoxy) is 1. The highest BCUT2D eigenvalue weighted by Crippen LogP contribution is 2.25. The zero-order valence-corrected chi connectivity index (χ0v) is 6.02. The first-order valence-electron chi connectivity index (χ1n) is 3.36. The Kier molecular flexibility index (Phi) is 1.33. The highest BCUT2D eigenvalue weighted by atomic mass is 16.5. The Morgan fingerprint density at radius 2 is 2.08 bits per heavy atom. The monoisotopic (exact) mass is 163 g/mol. The lowest BCUT2D eigenvalue weighted by atomic mass is 10.1. The number of rotatable bonds is 0. The van der Waals surface area contributed by atoms with Gasteiger partial charge >= 0.3 is 5.97 Å². The lowest BCUT2D eigenvalue weighted by Gasteiger charge is -1.91. The van der Waals surface area contributed by atoms with Crippen molar-refractivity contribution >= 4 is 11.7 Å². The molecule has 1 aromatic carbocycles. The van der Waals surface area contributed by atoms with Crippen LogP contribution in [-0.2, 0) is 4.79 Å². The van der Waals surface area contributed by atoms with Crippen LogP contribution in [0.25, 0.3) is 0 Å². The quantitative estimate of drug-likeness (QED) is 0.266. The normalized spacial score (nSPS) is 17.7. The maximum Gasteiger partial charge on any atom is 0.366 e. The summed E-state index contributed by atoms with van der Waals surface area (Å²) in [6.07, 6.45) is 0. The van der Waals surface area contributed by atoms with Gasteiger partial charge in [-0.25, -0.2) is 4.79 Å². The van der Waals surface area contributed by atoms with Crippen LogP contribution >= 0.6 is 0 Å². The van der Waals surface area contributed by atoms with Gasteiger partial charge in [-0.2, -0.15) is 0 Å². The number of esters is 1. The largest absolute Gasteiger partial charge is 0.421 e. The van der Waals surface area contributed by atoms with Crippen LogP contribution in [0.4, 0.5) is 0 Å². The molecular formula is C8H5NO3. The van der Waals surface area contributed by atoms with E-state index in [2.05, 4.69) is 5.16 Å². The zero-order valence-electron chi connectivity index (χ0n) is 6.02. The van der Waals surface area contributed by atoms with Crippen LogP contribution in [0, 0.1) is 0 Å². The number of oxime groups is 1. The van der Waals surface area contributed by atoms with E-state index < -0.39 is 5.97 Å². The molecule has 0 atom stereocenters. The van der Waals surface area contributed by atoms with E-state index in [4.69, 9.17) is 9.94 Å². The summed E-state index contributed by atoms with van der Waals surface area (Å²) in [6, 6.07) is 6.79. The lowest BCUT2D eigenvalue weighted by molar-refractivity contribution is -0.126. The average molecular weight is 163 g/mol. The standard InChI is InChI=1S/C8H5NO3/c10-8-7(9-11)5-3-1-2-4-6(5)12-8/h1-4,11H/b9-7-. The van der Waals surface area contributed by atoms with E-state index in [1.165, 1.54) is 0 Å². The summed E-state index contributed by atoms with van der Waals surface area (Å²) < 4.78 is 4.78. The van der Waals surface area contributed by atoms with E-state index in [1.807, 2.05) is 0 Å². The molecule has 0 spiro atoms. The van der Waals surface area contributed by atoms with Crippen molar-refractivity contribution < 1.29 is 14.7 Å². The number of hydrogen-bond acceptors (Lipinski definition) is 4. The van der Waals surface area contributed by atoms with Crippen molar-refractivity contribution in [3.05, 3.63) is 29.8 Å². The predicted octanol–water partition coefficient (Wildman–Crippen LogP) is 0.784. The van der Waals surface area contributed by atoms with Crippen LogP contribution in [0.3, 0.4) is 0 Å². The van der Waals surface area contributed by atoms with Crippen LogP contribution < -0.4 is 4.74 Å². The maximum absolute atomic E-state index is 10.9. The third-order valence-corrected chi connectivity index (χ3v) is 1.64. The van der Waals surface area contributed by atoms with E-state index in [0.29, 0.717) is 11.3 Å². The Labute approximate surface area is 68.1 Å². The molecule has 12 heavy (non-hydrogen) atoms. The van der Waals surface area contributed by atoms with Gasteiger partial charge in [0, 0.05) is 0 Å². The van der Waals surface area contributed by atoms with Gasteiger partial charge in [0.05, 0.1) is 5.56 Å². The summed E-state index contributed by atoms with van der Waals surface area (Å²) in [5.74, 6) is -0.172. The first-order chi connectivity index (χ1) is 5.83. The van der Waals surface area contributed by atoms with Crippen molar-refractivity contribution in [3.8, 4) is 5.75 Å². The summed E-state index contributed by atoms with van der Waals surface area (Å²) in [7, 11) is 0. The molecule has 4 nitrogen and oxygen atoms in total. The number of hydrogen-bond donors (Lipinski definition) is 1. The van der Waals surface area contributed by atoms with Gasteiger partial charge in [-0.1, -0.05) is 17.3 Å². The van der Waals surface area contributed by atoms with Gasteiger partial charge in [0.2, 0.25) is 0 Å². The Balaban J connectivity index is 2.62. The summed E-state index contributed by atoms with van der Waals surface area (Å²) in [4.78, 5) is 10.9. The third-order valence-electron chi connectivity index (χ3n) is 1.64. The molecule has 1 aliphatic rings. The van der Waals surface area contributed by atoms with Gasteiger partial charge in [0.25, 0.3) is 0 Å². The minimum absolute atomic E-state index is 0.0365. The Morgan fingerprint density at radius 3 is 2.83 bits per heavy atom. The fraction of sp³-hybridized carbons (Fsp3) is 0. The summed E-state index contributed by atoms with van der Waals surface area (Å²) in [6.45, 7) is 0. The van der Waals surface area contributed by atoms with Crippen molar-refractivity contribution in [2.45, 2.75) is 0 Å². The minimum Gasteiger partial charge on any atom is -0.421 e. The van der Waals surface area contributed by atoms with Crippen LogP contribution in [0.5, 0.6) is 5.75 Å². The van der Waals surface area contributed by atoms with E-state index in [1.54, 1.807) is 24.3 Å². The highest BCUT2D eigenvalue weighted by molar-refractivity contribution is 6.46. The topological polar surface area (TPSA) is 58.9 Å². The van der Waals surface area contributed by atoms with Crippen molar-refractivity contribution in [2.24, 2.45) is 5.16 Å². The summed E-state index contributed by atoms with van der Waals surface area (Å²) >= 11 is 0. The molecular weight excluding hydrogens is 158 g/mol. The van der Waals surface area contributed by atoms with Crippen molar-refractivity contribution in [1.82, 2.24) is 0 Å². The molecule has 0 aliphatic carbocycles. The average Bonchev–Trinajstić information content (AvgIpc) is 2.40. The van der Waals surface area contributed by atoms with Gasteiger partial charge < -0.3 is 9.94 Å². The molecule has 0 fully saturated rings. The van der Waals surface area contributed by atoms with E-state index in [9.17, 15) is 4.79 Å². The zero-order chi connectivity index (χ0) is 8.55. The third kappa shape index (κ3) is 0.780. The maximum atomic E-state index is 10.9. The van der Waals surface area contributed by atoms with Crippen LogP contribution in [0.2, 0.25) is 0 Å². The molecule has 0 radical (unpaired) electrons. The lowest BCUT2D eigenvalue weighted by Crippen LogP contribution is -2.12. The number of benzene rings is 1. The predicted molar refractivity (Wildman–Crippen MR) is 40.4 cm³/mol. The molecule has 1 heterocycles. The first kappa shape index (κ1) is 6.84. The first-order valence-corrected chi connectivity index (χ1v) is 3.36. The van der Waals surface area contributed by atoms with Gasteiger partial charge in [-0.15, -0.1) is 0 Å². The Bertz CT molecular complexity index is 370. The molecule has 0 bridgehead atoms. The number of carbonyl (C=O) groups excluding carboxylic acids is 1. The second-order valence-corrected chi connectivity index (χ2v) is 2.33. The van der Waals surface area contributed by atoms with Gasteiger partial charge in [-0.3, -0.25) is 0 Å². The molecule has 1 N–H and O–H groups in total. The SMILES string of the molecule is O=C1Oc2ccccc2/C1=N/O. The van der Waals surface area contributed by atoms with Crippen LogP contribution in [0.1, 0.15) is 5.56 Å². The molecule has 0 saturated carbocycles. The molecule has 1 aromatic rings. The van der Waals surface area contributed by atoms with Crippen molar-refractivity contribution in [3.63, 3.8) is 0 Å². The van der Waals surface area contributed by atoms with Crippen LogP contribution in [-0.4, -0.2) is 16.9 Å². The number of nitrogens with zero attached hydrogens (tertiary/aromatic N) is 1. The minimum atomic E-state index is -0.612. The highest BCUT2D eigenvalue weighted by Gasteiger charge is 2.28. The molecule has 60 valence electrons. The fourth-order valence-corrected chi connectivity index (χ4v) is 1.10. The van der Waals surface area contributed by atoms with Gasteiger partial charge in [0.1, 0.15) is 5.75 Å². The molecule has 0 amide bonds. The Hall–Kier alpha value is -1.84. The van der Waals surface area contributed by atoms with Crippen LogP contribution in [0.15, 0.2) is 29.4 Å². The molecule has 4 heteroatoms. The van der Waals surface area contributed by atoms with E-state index in [0.717, 1.165) is 0 Å².